The highest BCUT2D eigenvalue weighted by Gasteiger charge is 2.15. The lowest BCUT2D eigenvalue weighted by atomic mass is 10.0. The Bertz CT molecular complexity index is 391. The first-order valence-electron chi connectivity index (χ1n) is 5.77. The Morgan fingerprint density at radius 3 is 2.47 bits per heavy atom. The molecule has 2 unspecified atom stereocenters. The molecule has 0 heterocycles. The highest BCUT2D eigenvalue weighted by molar-refractivity contribution is 5.56. The normalized spacial score (nSPS) is 14.5. The summed E-state index contributed by atoms with van der Waals surface area (Å²) in [5.41, 5.74) is 8.07. The first-order chi connectivity index (χ1) is 7.82. The zero-order valence-electron chi connectivity index (χ0n) is 10.9. The van der Waals surface area contributed by atoms with Crippen LogP contribution in [-0.4, -0.2) is 24.8 Å². The van der Waals surface area contributed by atoms with Gasteiger partial charge in [-0.1, -0.05) is 0 Å². The van der Waals surface area contributed by atoms with Gasteiger partial charge in [0.1, 0.15) is 5.82 Å². The molecular formula is C13H21FN2O. The molecule has 0 saturated carbocycles. The number of anilines is 1. The maximum absolute atomic E-state index is 13.5. The van der Waals surface area contributed by atoms with Crippen LogP contribution in [0.25, 0.3) is 0 Å². The minimum absolute atomic E-state index is 0.239. The summed E-state index contributed by atoms with van der Waals surface area (Å²) >= 11 is 0. The van der Waals surface area contributed by atoms with Gasteiger partial charge in [0.2, 0.25) is 0 Å². The zero-order valence-corrected chi connectivity index (χ0v) is 10.9. The highest BCUT2D eigenvalue weighted by Crippen LogP contribution is 2.27. The van der Waals surface area contributed by atoms with E-state index in [-0.39, 0.29) is 11.9 Å². The van der Waals surface area contributed by atoms with E-state index in [0.29, 0.717) is 12.1 Å². The second kappa shape index (κ2) is 5.47. The number of likely N-dealkylation sites (N-methyl/N-ethyl adjacent to an activating group) is 1. The number of benzene rings is 1. The topological polar surface area (TPSA) is 49.5 Å². The van der Waals surface area contributed by atoms with E-state index in [1.54, 1.807) is 19.9 Å². The quantitative estimate of drug-likeness (QED) is 0.846. The summed E-state index contributed by atoms with van der Waals surface area (Å²) in [5, 5.41) is 9.39. The average Bonchev–Trinajstić information content (AvgIpc) is 2.19. The molecule has 0 radical (unpaired) electrons. The predicted molar refractivity (Wildman–Crippen MR) is 68.7 cm³/mol. The van der Waals surface area contributed by atoms with Crippen LogP contribution in [0.5, 0.6) is 0 Å². The fourth-order valence-electron chi connectivity index (χ4n) is 1.87. The number of halogens is 1. The number of rotatable bonds is 4. The molecule has 0 aliphatic carbocycles. The second-order valence-corrected chi connectivity index (χ2v) is 4.68. The van der Waals surface area contributed by atoms with Gasteiger partial charge in [0.25, 0.3) is 0 Å². The van der Waals surface area contributed by atoms with E-state index in [1.165, 1.54) is 6.07 Å². The van der Waals surface area contributed by atoms with Gasteiger partial charge in [0, 0.05) is 25.3 Å². The van der Waals surface area contributed by atoms with E-state index in [4.69, 9.17) is 5.73 Å². The molecule has 0 aliphatic heterocycles. The lowest BCUT2D eigenvalue weighted by Gasteiger charge is -2.25. The van der Waals surface area contributed by atoms with Gasteiger partial charge in [-0.05, 0) is 44.0 Å². The van der Waals surface area contributed by atoms with E-state index in [1.807, 2.05) is 18.9 Å². The lowest BCUT2D eigenvalue weighted by molar-refractivity contribution is 0.201. The van der Waals surface area contributed by atoms with Gasteiger partial charge < -0.3 is 15.7 Å². The summed E-state index contributed by atoms with van der Waals surface area (Å²) in [6.07, 6.45) is -0.439. The number of nitrogens with two attached hydrogens (primary N) is 1. The third-order valence-electron chi connectivity index (χ3n) is 2.75. The fourth-order valence-corrected chi connectivity index (χ4v) is 1.87. The standard InChI is InChI=1S/C13H21FN2O/c1-8-5-13(16(4)7-9(2)17)11(10(3)15)6-12(8)14/h5-6,9-10,17H,7,15H2,1-4H3. The Labute approximate surface area is 102 Å². The van der Waals surface area contributed by atoms with Crippen LogP contribution in [-0.2, 0) is 0 Å². The molecule has 17 heavy (non-hydrogen) atoms. The third kappa shape index (κ3) is 3.41. The van der Waals surface area contributed by atoms with Crippen LogP contribution < -0.4 is 10.6 Å². The Kier molecular flexibility index (Phi) is 4.48. The van der Waals surface area contributed by atoms with Gasteiger partial charge in [0.05, 0.1) is 6.10 Å². The molecule has 4 heteroatoms. The lowest BCUT2D eigenvalue weighted by Crippen LogP contribution is -2.28. The Balaban J connectivity index is 3.16. The van der Waals surface area contributed by atoms with E-state index >= 15 is 0 Å². The van der Waals surface area contributed by atoms with Crippen molar-refractivity contribution in [3.05, 3.63) is 29.1 Å². The first-order valence-corrected chi connectivity index (χ1v) is 5.77. The summed E-state index contributed by atoms with van der Waals surface area (Å²) < 4.78 is 13.5. The molecular weight excluding hydrogens is 219 g/mol. The van der Waals surface area contributed by atoms with Crippen molar-refractivity contribution in [3.8, 4) is 0 Å². The Morgan fingerprint density at radius 1 is 1.41 bits per heavy atom. The summed E-state index contributed by atoms with van der Waals surface area (Å²) in [7, 11) is 1.87. The molecule has 96 valence electrons. The molecule has 0 saturated heterocycles. The fraction of sp³-hybridized carbons (Fsp3) is 0.538. The molecule has 3 N–H and O–H groups in total. The van der Waals surface area contributed by atoms with Gasteiger partial charge in [-0.15, -0.1) is 0 Å². The number of aryl methyl sites for hydroxylation is 1. The largest absolute Gasteiger partial charge is 0.392 e. The smallest absolute Gasteiger partial charge is 0.126 e. The number of hydrogen-bond donors (Lipinski definition) is 2. The molecule has 0 spiro atoms. The van der Waals surface area contributed by atoms with Crippen LogP contribution in [0.2, 0.25) is 0 Å². The summed E-state index contributed by atoms with van der Waals surface area (Å²) in [6.45, 7) is 5.76. The molecule has 0 aromatic heterocycles. The molecule has 1 aromatic carbocycles. The van der Waals surface area contributed by atoms with Gasteiger partial charge in [-0.3, -0.25) is 0 Å². The molecule has 0 fully saturated rings. The van der Waals surface area contributed by atoms with Crippen LogP contribution in [0.15, 0.2) is 12.1 Å². The minimum atomic E-state index is -0.439. The monoisotopic (exact) mass is 240 g/mol. The first kappa shape index (κ1) is 13.9. The average molecular weight is 240 g/mol. The number of hydrogen-bond acceptors (Lipinski definition) is 3. The minimum Gasteiger partial charge on any atom is -0.392 e. The number of aliphatic hydroxyl groups excluding tert-OH is 1. The molecule has 3 nitrogen and oxygen atoms in total. The summed E-state index contributed by atoms with van der Waals surface area (Å²) in [5.74, 6) is -0.244. The van der Waals surface area contributed by atoms with Crippen molar-refractivity contribution in [2.75, 3.05) is 18.5 Å². The van der Waals surface area contributed by atoms with Gasteiger partial charge in [-0.25, -0.2) is 4.39 Å². The van der Waals surface area contributed by atoms with Gasteiger partial charge in [-0.2, -0.15) is 0 Å². The maximum atomic E-state index is 13.5. The van der Waals surface area contributed by atoms with Crippen molar-refractivity contribution in [1.29, 1.82) is 0 Å². The van der Waals surface area contributed by atoms with Crippen LogP contribution >= 0.6 is 0 Å². The number of nitrogens with zero attached hydrogens (tertiary/aromatic N) is 1. The van der Waals surface area contributed by atoms with Gasteiger partial charge in [0.15, 0.2) is 0 Å². The summed E-state index contributed by atoms with van der Waals surface area (Å²) in [4.78, 5) is 1.90. The zero-order chi connectivity index (χ0) is 13.2. The van der Waals surface area contributed by atoms with E-state index in [2.05, 4.69) is 0 Å². The molecule has 0 aliphatic rings. The van der Waals surface area contributed by atoms with Crippen molar-refractivity contribution in [3.63, 3.8) is 0 Å². The van der Waals surface area contributed by atoms with Crippen LogP contribution in [0.3, 0.4) is 0 Å². The molecule has 2 atom stereocenters. The van der Waals surface area contributed by atoms with Gasteiger partial charge >= 0.3 is 0 Å². The van der Waals surface area contributed by atoms with Crippen molar-refractivity contribution in [2.45, 2.75) is 32.9 Å². The van der Waals surface area contributed by atoms with Crippen molar-refractivity contribution in [2.24, 2.45) is 5.73 Å². The van der Waals surface area contributed by atoms with E-state index < -0.39 is 6.10 Å². The van der Waals surface area contributed by atoms with E-state index in [9.17, 15) is 9.50 Å². The van der Waals surface area contributed by atoms with Crippen molar-refractivity contribution >= 4 is 5.69 Å². The van der Waals surface area contributed by atoms with Crippen molar-refractivity contribution < 1.29 is 9.50 Å². The third-order valence-corrected chi connectivity index (χ3v) is 2.75. The molecule has 0 amide bonds. The van der Waals surface area contributed by atoms with E-state index in [0.717, 1.165) is 11.3 Å². The van der Waals surface area contributed by atoms with Crippen molar-refractivity contribution in [1.82, 2.24) is 0 Å². The Morgan fingerprint density at radius 2 is 2.00 bits per heavy atom. The van der Waals surface area contributed by atoms with Crippen LogP contribution in [0.1, 0.15) is 31.0 Å². The highest BCUT2D eigenvalue weighted by atomic mass is 19.1. The number of aliphatic hydroxyl groups is 1. The predicted octanol–water partition coefficient (Wildman–Crippen LogP) is 1.97. The summed E-state index contributed by atoms with van der Waals surface area (Å²) in [6, 6.07) is 3.01. The second-order valence-electron chi connectivity index (χ2n) is 4.68. The molecule has 0 bridgehead atoms. The molecule has 1 aromatic rings. The molecule has 1 rings (SSSR count). The van der Waals surface area contributed by atoms with Crippen LogP contribution in [0.4, 0.5) is 10.1 Å². The maximum Gasteiger partial charge on any atom is 0.126 e. The van der Waals surface area contributed by atoms with Crippen LogP contribution in [0, 0.1) is 12.7 Å². The Hall–Kier alpha value is -1.13. The SMILES string of the molecule is Cc1cc(N(C)CC(C)O)c(C(C)N)cc1F.